The van der Waals surface area contributed by atoms with Crippen LogP contribution >= 0.6 is 11.6 Å². The summed E-state index contributed by atoms with van der Waals surface area (Å²) in [4.78, 5) is 7.96. The minimum absolute atomic E-state index is 0.0693. The van der Waals surface area contributed by atoms with Crippen molar-refractivity contribution < 1.29 is 14.6 Å². The predicted molar refractivity (Wildman–Crippen MR) is 62.4 cm³/mol. The molecular weight excluding hydrogens is 246 g/mol. The second-order valence-corrected chi connectivity index (χ2v) is 4.46. The maximum atomic E-state index is 9.27. The van der Waals surface area contributed by atoms with Crippen molar-refractivity contribution in [3.63, 3.8) is 0 Å². The van der Waals surface area contributed by atoms with E-state index in [4.69, 9.17) is 21.1 Å². The first kappa shape index (κ1) is 12.3. The van der Waals surface area contributed by atoms with Crippen molar-refractivity contribution in [3.05, 3.63) is 11.2 Å². The third-order valence-corrected chi connectivity index (χ3v) is 2.96. The van der Waals surface area contributed by atoms with Gasteiger partial charge in [-0.05, 0) is 0 Å². The molecule has 0 aliphatic carbocycles. The van der Waals surface area contributed by atoms with Crippen LogP contribution in [0, 0.1) is 5.41 Å². The number of hydrogen-bond acceptors (Lipinski definition) is 6. The van der Waals surface area contributed by atoms with Crippen LogP contribution in [0.3, 0.4) is 0 Å². The maximum Gasteiger partial charge on any atom is 0.318 e. The van der Waals surface area contributed by atoms with Crippen molar-refractivity contribution in [2.75, 3.05) is 38.8 Å². The Morgan fingerprint density at radius 2 is 2.41 bits per heavy atom. The lowest BCUT2D eigenvalue weighted by atomic mass is 9.87. The molecule has 0 unspecified atom stereocenters. The number of aliphatic hydroxyl groups is 1. The molecule has 0 saturated carbocycles. The van der Waals surface area contributed by atoms with Crippen LogP contribution in [0.2, 0.25) is 5.02 Å². The number of methoxy groups -OCH3 is 1. The number of ether oxygens (including phenoxy) is 2. The number of aliphatic hydroxyl groups excluding tert-OH is 1. The summed E-state index contributed by atoms with van der Waals surface area (Å²) in [6.07, 6.45) is 1.47. The third-order valence-electron chi connectivity index (χ3n) is 2.69. The second-order valence-electron chi connectivity index (χ2n) is 4.06. The lowest BCUT2D eigenvalue weighted by Gasteiger charge is -2.39. The number of aromatic nitrogens is 2. The van der Waals surface area contributed by atoms with E-state index in [1.54, 1.807) is 0 Å². The van der Waals surface area contributed by atoms with Crippen LogP contribution in [-0.4, -0.2) is 48.5 Å². The molecule has 2 N–H and O–H groups in total. The normalized spacial score (nSPS) is 17.4. The van der Waals surface area contributed by atoms with Gasteiger partial charge >= 0.3 is 6.01 Å². The smallest absolute Gasteiger partial charge is 0.318 e. The Balaban J connectivity index is 2.02. The molecular formula is C10H14ClN3O3. The SMILES string of the molecule is COc1ncc(Cl)c(NCC2(CO)COC2)n1. The maximum absolute atomic E-state index is 9.27. The highest BCUT2D eigenvalue weighted by atomic mass is 35.5. The summed E-state index contributed by atoms with van der Waals surface area (Å²) in [6, 6.07) is 0.250. The summed E-state index contributed by atoms with van der Waals surface area (Å²) < 4.78 is 10.0. The summed E-state index contributed by atoms with van der Waals surface area (Å²) in [6.45, 7) is 1.69. The highest BCUT2D eigenvalue weighted by Crippen LogP contribution is 2.28. The molecule has 1 fully saturated rings. The van der Waals surface area contributed by atoms with Crippen molar-refractivity contribution in [1.82, 2.24) is 9.97 Å². The van der Waals surface area contributed by atoms with E-state index in [9.17, 15) is 5.11 Å². The minimum Gasteiger partial charge on any atom is -0.467 e. The van der Waals surface area contributed by atoms with Crippen LogP contribution < -0.4 is 10.1 Å². The van der Waals surface area contributed by atoms with E-state index in [2.05, 4.69) is 15.3 Å². The Morgan fingerprint density at radius 3 is 2.94 bits per heavy atom. The van der Waals surface area contributed by atoms with Crippen molar-refractivity contribution in [2.45, 2.75) is 0 Å². The lowest BCUT2D eigenvalue weighted by molar-refractivity contribution is -0.128. The largest absolute Gasteiger partial charge is 0.467 e. The summed E-state index contributed by atoms with van der Waals surface area (Å²) in [5.74, 6) is 0.498. The molecule has 2 rings (SSSR count). The summed E-state index contributed by atoms with van der Waals surface area (Å²) >= 11 is 5.95. The van der Waals surface area contributed by atoms with Gasteiger partial charge in [-0.25, -0.2) is 4.98 Å². The fourth-order valence-corrected chi connectivity index (χ4v) is 1.64. The molecule has 17 heavy (non-hydrogen) atoms. The van der Waals surface area contributed by atoms with Crippen molar-refractivity contribution >= 4 is 17.4 Å². The molecule has 1 aromatic rings. The molecule has 1 aromatic heterocycles. The molecule has 94 valence electrons. The van der Waals surface area contributed by atoms with Gasteiger partial charge in [-0.2, -0.15) is 4.98 Å². The van der Waals surface area contributed by atoms with Gasteiger partial charge in [0.25, 0.3) is 0 Å². The molecule has 1 saturated heterocycles. The summed E-state index contributed by atoms with van der Waals surface area (Å²) in [5.41, 5.74) is -0.235. The Labute approximate surface area is 104 Å². The number of nitrogens with zero attached hydrogens (tertiary/aromatic N) is 2. The molecule has 0 radical (unpaired) electrons. The van der Waals surface area contributed by atoms with Crippen LogP contribution in [0.4, 0.5) is 5.82 Å². The van der Waals surface area contributed by atoms with Gasteiger partial charge in [-0.1, -0.05) is 11.6 Å². The van der Waals surface area contributed by atoms with Crippen molar-refractivity contribution in [1.29, 1.82) is 0 Å². The van der Waals surface area contributed by atoms with Crippen LogP contribution in [0.15, 0.2) is 6.20 Å². The molecule has 1 aliphatic rings. The van der Waals surface area contributed by atoms with E-state index >= 15 is 0 Å². The predicted octanol–water partition coefficient (Wildman–Crippen LogP) is 0.559. The van der Waals surface area contributed by atoms with Gasteiger partial charge in [-0.3, -0.25) is 0 Å². The number of rotatable bonds is 5. The van der Waals surface area contributed by atoms with E-state index in [-0.39, 0.29) is 18.0 Å². The number of anilines is 1. The van der Waals surface area contributed by atoms with Crippen LogP contribution in [0.1, 0.15) is 0 Å². The minimum atomic E-state index is -0.235. The number of hydrogen-bond donors (Lipinski definition) is 2. The van der Waals surface area contributed by atoms with Crippen LogP contribution in [-0.2, 0) is 4.74 Å². The molecule has 0 bridgehead atoms. The molecule has 6 nitrogen and oxygen atoms in total. The van der Waals surface area contributed by atoms with E-state index in [1.807, 2.05) is 0 Å². The molecule has 1 aliphatic heterocycles. The third kappa shape index (κ3) is 2.59. The molecule has 0 amide bonds. The summed E-state index contributed by atoms with van der Waals surface area (Å²) in [5, 5.41) is 12.8. The highest BCUT2D eigenvalue weighted by Gasteiger charge is 2.38. The average Bonchev–Trinajstić information content (AvgIpc) is 2.30. The van der Waals surface area contributed by atoms with Gasteiger partial charge in [0.2, 0.25) is 0 Å². The van der Waals surface area contributed by atoms with Gasteiger partial charge in [0, 0.05) is 6.54 Å². The number of nitrogens with one attached hydrogen (secondary N) is 1. The zero-order chi connectivity index (χ0) is 12.3. The highest BCUT2D eigenvalue weighted by molar-refractivity contribution is 6.32. The molecule has 2 heterocycles. The molecule has 0 spiro atoms. The molecule has 0 aromatic carbocycles. The first-order valence-corrected chi connectivity index (χ1v) is 5.56. The van der Waals surface area contributed by atoms with Crippen molar-refractivity contribution in [2.24, 2.45) is 5.41 Å². The number of halogens is 1. The first-order chi connectivity index (χ1) is 8.19. The van der Waals surface area contributed by atoms with Crippen LogP contribution in [0.25, 0.3) is 0 Å². The van der Waals surface area contributed by atoms with E-state index in [1.165, 1.54) is 13.3 Å². The van der Waals surface area contributed by atoms with Gasteiger partial charge < -0.3 is 19.9 Å². The zero-order valence-corrected chi connectivity index (χ0v) is 10.2. The lowest BCUT2D eigenvalue weighted by Crippen LogP contribution is -2.50. The topological polar surface area (TPSA) is 76.5 Å². The Kier molecular flexibility index (Phi) is 3.66. The van der Waals surface area contributed by atoms with Crippen LogP contribution in [0.5, 0.6) is 6.01 Å². The Morgan fingerprint density at radius 1 is 1.65 bits per heavy atom. The Hall–Kier alpha value is -1.11. The van der Waals surface area contributed by atoms with E-state index in [0.717, 1.165) is 0 Å². The van der Waals surface area contributed by atoms with E-state index < -0.39 is 0 Å². The standard InChI is InChI=1S/C10H14ClN3O3/c1-16-9-12-2-7(11)8(14-9)13-3-10(4-15)5-17-6-10/h2,15H,3-6H2,1H3,(H,12,13,14). The summed E-state index contributed by atoms with van der Waals surface area (Å²) in [7, 11) is 1.49. The average molecular weight is 260 g/mol. The fourth-order valence-electron chi connectivity index (χ4n) is 1.48. The quantitative estimate of drug-likeness (QED) is 0.805. The molecule has 7 heteroatoms. The van der Waals surface area contributed by atoms with Crippen molar-refractivity contribution in [3.8, 4) is 6.01 Å². The van der Waals surface area contributed by atoms with Gasteiger partial charge in [0.05, 0.1) is 38.5 Å². The van der Waals surface area contributed by atoms with Gasteiger partial charge in [0.1, 0.15) is 5.02 Å². The second kappa shape index (κ2) is 5.03. The fraction of sp³-hybridized carbons (Fsp3) is 0.600. The Bertz CT molecular complexity index is 393. The first-order valence-electron chi connectivity index (χ1n) is 5.18. The molecule has 0 atom stereocenters. The van der Waals surface area contributed by atoms with Gasteiger partial charge in [0.15, 0.2) is 5.82 Å². The monoisotopic (exact) mass is 259 g/mol. The van der Waals surface area contributed by atoms with Gasteiger partial charge in [-0.15, -0.1) is 0 Å². The van der Waals surface area contributed by atoms with E-state index in [0.29, 0.717) is 30.6 Å². The zero-order valence-electron chi connectivity index (χ0n) is 9.44.